The topological polar surface area (TPSA) is 155 Å². The van der Waals surface area contributed by atoms with E-state index >= 15 is 0 Å². The fourth-order valence-electron chi connectivity index (χ4n) is 5.21. The van der Waals surface area contributed by atoms with E-state index in [1.165, 1.54) is 70.6 Å². The molecule has 0 saturated carbocycles. The van der Waals surface area contributed by atoms with Gasteiger partial charge in [-0.2, -0.15) is 0 Å². The van der Waals surface area contributed by atoms with Crippen LogP contribution in [0.2, 0.25) is 0 Å². The molecule has 11 heteroatoms. The number of carboxylic acids is 1. The van der Waals surface area contributed by atoms with Crippen LogP contribution < -0.4 is 5.73 Å². The standard InChI is InChI=1S/C40H74NO9P/c1-3-5-7-9-11-13-15-17-18-19-20-21-23-25-27-29-31-33-47-34-37(35-48-51(45,46)49-36-38(41)40(43)44)50-39(42)32-30-28-26-24-22-16-14-12-10-8-6-4-2/h12-15,18-19,37-38H,3-11,16-17,20-36,41H2,1-2H3,(H,43,44)(H,45,46)/b14-12-,15-13-,19-18-. The average Bonchev–Trinajstić information content (AvgIpc) is 3.10. The third kappa shape index (κ3) is 36.3. The summed E-state index contributed by atoms with van der Waals surface area (Å²) in [5.74, 6) is -1.79. The summed E-state index contributed by atoms with van der Waals surface area (Å²) in [6.45, 7) is 3.79. The van der Waals surface area contributed by atoms with Crippen molar-refractivity contribution in [1.29, 1.82) is 0 Å². The molecule has 0 heterocycles. The van der Waals surface area contributed by atoms with Crippen molar-refractivity contribution in [3.8, 4) is 0 Å². The van der Waals surface area contributed by atoms with Gasteiger partial charge in [-0.05, 0) is 70.6 Å². The summed E-state index contributed by atoms with van der Waals surface area (Å²) < 4.78 is 33.2. The number of ether oxygens (including phenoxy) is 2. The third-order valence-corrected chi connectivity index (χ3v) is 9.34. The summed E-state index contributed by atoms with van der Waals surface area (Å²) >= 11 is 0. The van der Waals surface area contributed by atoms with Crippen molar-refractivity contribution < 1.29 is 42.7 Å². The van der Waals surface area contributed by atoms with Gasteiger partial charge in [-0.15, -0.1) is 0 Å². The van der Waals surface area contributed by atoms with E-state index < -0.39 is 45.1 Å². The van der Waals surface area contributed by atoms with E-state index in [1.807, 2.05) is 0 Å². The van der Waals surface area contributed by atoms with E-state index in [9.17, 15) is 19.0 Å². The third-order valence-electron chi connectivity index (χ3n) is 8.39. The van der Waals surface area contributed by atoms with Gasteiger partial charge in [0.2, 0.25) is 0 Å². The van der Waals surface area contributed by atoms with Crippen LogP contribution in [0, 0.1) is 0 Å². The maximum atomic E-state index is 12.6. The monoisotopic (exact) mass is 744 g/mol. The fraction of sp³-hybridized carbons (Fsp3) is 0.800. The molecule has 3 atom stereocenters. The normalized spacial score (nSPS) is 14.4. The Morgan fingerprint density at radius 2 is 1.08 bits per heavy atom. The van der Waals surface area contributed by atoms with Gasteiger partial charge in [-0.3, -0.25) is 18.6 Å². The molecule has 3 unspecified atom stereocenters. The number of allylic oxidation sites excluding steroid dienone is 6. The van der Waals surface area contributed by atoms with Gasteiger partial charge in [0.25, 0.3) is 0 Å². The molecule has 51 heavy (non-hydrogen) atoms. The molecule has 10 nitrogen and oxygen atoms in total. The second kappa shape index (κ2) is 36.5. The summed E-state index contributed by atoms with van der Waals surface area (Å²) in [7, 11) is -4.61. The molecular weight excluding hydrogens is 669 g/mol. The molecule has 0 saturated heterocycles. The van der Waals surface area contributed by atoms with Gasteiger partial charge in [-0.25, -0.2) is 4.57 Å². The number of unbranched alkanes of at least 4 members (excludes halogenated alkanes) is 18. The first-order chi connectivity index (χ1) is 24.7. The zero-order chi connectivity index (χ0) is 37.7. The number of phosphoric acid groups is 1. The number of rotatable bonds is 38. The Kier molecular flexibility index (Phi) is 35.2. The lowest BCUT2D eigenvalue weighted by atomic mass is 10.1. The fourth-order valence-corrected chi connectivity index (χ4v) is 5.99. The van der Waals surface area contributed by atoms with Crippen molar-refractivity contribution in [2.24, 2.45) is 5.73 Å². The Morgan fingerprint density at radius 1 is 0.627 bits per heavy atom. The molecule has 0 rings (SSSR count). The first kappa shape index (κ1) is 49.2. The quantitative estimate of drug-likeness (QED) is 0.0241. The smallest absolute Gasteiger partial charge is 0.472 e. The van der Waals surface area contributed by atoms with Crippen molar-refractivity contribution >= 4 is 19.8 Å². The summed E-state index contributed by atoms with van der Waals surface area (Å²) in [5, 5.41) is 8.87. The number of nitrogens with two attached hydrogens (primary N) is 1. The number of esters is 1. The highest BCUT2D eigenvalue weighted by Gasteiger charge is 2.27. The van der Waals surface area contributed by atoms with E-state index in [0.29, 0.717) is 13.0 Å². The lowest BCUT2D eigenvalue weighted by Crippen LogP contribution is -2.34. The van der Waals surface area contributed by atoms with Crippen molar-refractivity contribution in [3.63, 3.8) is 0 Å². The second-order valence-electron chi connectivity index (χ2n) is 13.4. The van der Waals surface area contributed by atoms with Gasteiger partial charge < -0.3 is 25.2 Å². The highest BCUT2D eigenvalue weighted by molar-refractivity contribution is 7.47. The molecular formula is C40H74NO9P. The zero-order valence-electron chi connectivity index (χ0n) is 32.2. The first-order valence-electron chi connectivity index (χ1n) is 20.0. The highest BCUT2D eigenvalue weighted by atomic mass is 31.2. The molecule has 0 spiro atoms. The van der Waals surface area contributed by atoms with Crippen LogP contribution in [0.3, 0.4) is 0 Å². The summed E-state index contributed by atoms with van der Waals surface area (Å²) in [6, 6.07) is -1.47. The van der Waals surface area contributed by atoms with Gasteiger partial charge in [0.1, 0.15) is 12.1 Å². The predicted octanol–water partition coefficient (Wildman–Crippen LogP) is 10.5. The minimum absolute atomic E-state index is 0.00667. The molecule has 4 N–H and O–H groups in total. The molecule has 0 aromatic rings. The molecule has 0 bridgehead atoms. The van der Waals surface area contributed by atoms with Gasteiger partial charge in [-0.1, -0.05) is 127 Å². The number of carboxylic acid groups (broad SMARTS) is 1. The van der Waals surface area contributed by atoms with E-state index in [-0.39, 0.29) is 13.0 Å². The van der Waals surface area contributed by atoms with Gasteiger partial charge in [0.15, 0.2) is 0 Å². The Hall–Kier alpha value is -1.81. The van der Waals surface area contributed by atoms with Crippen LogP contribution in [-0.4, -0.2) is 60.5 Å². The van der Waals surface area contributed by atoms with E-state index in [2.05, 4.69) is 50.3 Å². The Bertz CT molecular complexity index is 956. The molecule has 0 radical (unpaired) electrons. The number of carbonyl (C=O) groups excluding carboxylic acids is 1. The summed E-state index contributed by atoms with van der Waals surface area (Å²) in [4.78, 5) is 33.4. The van der Waals surface area contributed by atoms with E-state index in [0.717, 1.165) is 70.6 Å². The Morgan fingerprint density at radius 3 is 1.65 bits per heavy atom. The zero-order valence-corrected chi connectivity index (χ0v) is 33.1. The van der Waals surface area contributed by atoms with Crippen molar-refractivity contribution in [1.82, 2.24) is 0 Å². The number of hydrogen-bond acceptors (Lipinski definition) is 8. The van der Waals surface area contributed by atoms with Crippen molar-refractivity contribution in [3.05, 3.63) is 36.5 Å². The largest absolute Gasteiger partial charge is 0.480 e. The van der Waals surface area contributed by atoms with Crippen LogP contribution in [0.25, 0.3) is 0 Å². The second-order valence-corrected chi connectivity index (χ2v) is 14.9. The summed E-state index contributed by atoms with van der Waals surface area (Å²) in [5.41, 5.74) is 5.34. The molecule has 0 aromatic carbocycles. The number of hydrogen-bond donors (Lipinski definition) is 3. The van der Waals surface area contributed by atoms with Crippen LogP contribution in [-0.2, 0) is 32.7 Å². The predicted molar refractivity (Wildman–Crippen MR) is 208 cm³/mol. The number of phosphoric ester groups is 1. The van der Waals surface area contributed by atoms with Gasteiger partial charge in [0, 0.05) is 13.0 Å². The van der Waals surface area contributed by atoms with Crippen LogP contribution >= 0.6 is 7.82 Å². The minimum Gasteiger partial charge on any atom is -0.480 e. The first-order valence-corrected chi connectivity index (χ1v) is 21.5. The Labute approximate surface area is 310 Å². The van der Waals surface area contributed by atoms with E-state index in [4.69, 9.17) is 29.4 Å². The van der Waals surface area contributed by atoms with Crippen LogP contribution in [0.1, 0.15) is 168 Å². The molecule has 0 aliphatic heterocycles. The SMILES string of the molecule is CCCCC/C=C\CCCCCCCC(=O)OC(COCCCCCCCC/C=C\C/C=C\CCCCCC)COP(=O)(O)OCC(N)C(=O)O. The molecule has 0 aliphatic carbocycles. The lowest BCUT2D eigenvalue weighted by molar-refractivity contribution is -0.154. The molecule has 0 fully saturated rings. The van der Waals surface area contributed by atoms with Gasteiger partial charge >= 0.3 is 19.8 Å². The maximum Gasteiger partial charge on any atom is 0.472 e. The van der Waals surface area contributed by atoms with Gasteiger partial charge in [0.05, 0.1) is 19.8 Å². The number of carbonyl (C=O) groups is 2. The van der Waals surface area contributed by atoms with Crippen LogP contribution in [0.15, 0.2) is 36.5 Å². The molecule has 298 valence electrons. The average molecular weight is 744 g/mol. The molecule has 0 aliphatic rings. The van der Waals surface area contributed by atoms with Crippen molar-refractivity contribution in [2.75, 3.05) is 26.4 Å². The minimum atomic E-state index is -4.61. The Balaban J connectivity index is 4.30. The van der Waals surface area contributed by atoms with Crippen LogP contribution in [0.4, 0.5) is 0 Å². The number of aliphatic carboxylic acids is 1. The van der Waals surface area contributed by atoms with Crippen LogP contribution in [0.5, 0.6) is 0 Å². The molecule has 0 amide bonds. The molecule has 0 aromatic heterocycles. The maximum absolute atomic E-state index is 12.6. The highest BCUT2D eigenvalue weighted by Crippen LogP contribution is 2.43. The lowest BCUT2D eigenvalue weighted by Gasteiger charge is -2.20. The van der Waals surface area contributed by atoms with E-state index in [1.54, 1.807) is 0 Å². The van der Waals surface area contributed by atoms with Crippen molar-refractivity contribution in [2.45, 2.75) is 180 Å². The summed E-state index contributed by atoms with van der Waals surface area (Å²) in [6.07, 6.45) is 39.1.